The van der Waals surface area contributed by atoms with E-state index >= 15 is 0 Å². The molecule has 0 atom stereocenters. The summed E-state index contributed by atoms with van der Waals surface area (Å²) in [6, 6.07) is 6.93. The van der Waals surface area contributed by atoms with Crippen LogP contribution in [0.25, 0.3) is 0 Å². The molecule has 0 saturated carbocycles. The van der Waals surface area contributed by atoms with Gasteiger partial charge in [-0.05, 0) is 0 Å². The van der Waals surface area contributed by atoms with E-state index in [1.807, 2.05) is 12.1 Å². The lowest BCUT2D eigenvalue weighted by molar-refractivity contribution is 0.401. The van der Waals surface area contributed by atoms with Crippen LogP contribution in [0.3, 0.4) is 0 Å². The molecule has 0 bridgehead atoms. The van der Waals surface area contributed by atoms with Gasteiger partial charge < -0.3 is 9.47 Å². The standard InChI is InChI=1S/C10H8N2O2/c1-13-9-3-7(5-11)10(14-2)8(4-9)6-12/h3-4H,1-2H3. The molecule has 14 heavy (non-hydrogen) atoms. The van der Waals surface area contributed by atoms with Gasteiger partial charge in [0.25, 0.3) is 0 Å². The highest BCUT2D eigenvalue weighted by Crippen LogP contribution is 2.27. The maximum atomic E-state index is 8.79. The number of hydrogen-bond donors (Lipinski definition) is 0. The molecule has 0 N–H and O–H groups in total. The first-order valence-electron chi connectivity index (χ1n) is 3.83. The fourth-order valence-electron chi connectivity index (χ4n) is 1.11. The average molecular weight is 188 g/mol. The molecule has 70 valence electrons. The fraction of sp³-hybridized carbons (Fsp3) is 0.200. The summed E-state index contributed by atoms with van der Waals surface area (Å²) in [5.41, 5.74) is 0.590. The average Bonchev–Trinajstić information content (AvgIpc) is 2.26. The number of benzene rings is 1. The van der Waals surface area contributed by atoms with Crippen LogP contribution in [0.1, 0.15) is 11.1 Å². The van der Waals surface area contributed by atoms with Crippen molar-refractivity contribution in [3.05, 3.63) is 23.3 Å². The molecule has 1 rings (SSSR count). The summed E-state index contributed by atoms with van der Waals surface area (Å²) in [7, 11) is 2.90. The molecular formula is C10H8N2O2. The third-order valence-corrected chi connectivity index (χ3v) is 1.74. The van der Waals surface area contributed by atoms with Crippen LogP contribution in [0.15, 0.2) is 12.1 Å². The second-order valence-corrected chi connectivity index (χ2v) is 2.48. The third-order valence-electron chi connectivity index (χ3n) is 1.74. The van der Waals surface area contributed by atoms with E-state index in [2.05, 4.69) is 0 Å². The van der Waals surface area contributed by atoms with E-state index in [1.54, 1.807) is 0 Å². The SMILES string of the molecule is COc1cc(C#N)c(OC)c(C#N)c1. The zero-order valence-corrected chi connectivity index (χ0v) is 7.87. The summed E-state index contributed by atoms with van der Waals surface area (Å²) in [5, 5.41) is 17.6. The van der Waals surface area contributed by atoms with Crippen LogP contribution in [0.2, 0.25) is 0 Å². The molecule has 0 aromatic heterocycles. The second kappa shape index (κ2) is 4.15. The largest absolute Gasteiger partial charge is 0.497 e. The maximum absolute atomic E-state index is 8.79. The molecule has 0 saturated heterocycles. The number of nitrogens with zero attached hydrogens (tertiary/aromatic N) is 2. The Hall–Kier alpha value is -2.20. The monoisotopic (exact) mass is 188 g/mol. The first kappa shape index (κ1) is 9.88. The van der Waals surface area contributed by atoms with Crippen LogP contribution in [0.4, 0.5) is 0 Å². The van der Waals surface area contributed by atoms with Gasteiger partial charge in [-0.1, -0.05) is 0 Å². The molecule has 4 nitrogen and oxygen atoms in total. The lowest BCUT2D eigenvalue weighted by Gasteiger charge is -2.06. The summed E-state index contributed by atoms with van der Waals surface area (Å²) in [4.78, 5) is 0. The fourth-order valence-corrected chi connectivity index (χ4v) is 1.11. The minimum Gasteiger partial charge on any atom is -0.497 e. The minimum absolute atomic E-state index is 0.288. The Kier molecular flexibility index (Phi) is 2.93. The van der Waals surface area contributed by atoms with E-state index < -0.39 is 0 Å². The van der Waals surface area contributed by atoms with Gasteiger partial charge in [-0.3, -0.25) is 0 Å². The van der Waals surface area contributed by atoms with Crippen molar-refractivity contribution in [2.75, 3.05) is 14.2 Å². The Morgan fingerprint density at radius 3 is 1.79 bits per heavy atom. The van der Waals surface area contributed by atoms with Gasteiger partial charge in [-0.15, -0.1) is 0 Å². The molecule has 0 aliphatic carbocycles. The highest BCUT2D eigenvalue weighted by molar-refractivity contribution is 5.57. The summed E-state index contributed by atoms with van der Waals surface area (Å²) < 4.78 is 9.90. The van der Waals surface area contributed by atoms with Crippen molar-refractivity contribution in [2.45, 2.75) is 0 Å². The predicted octanol–water partition coefficient (Wildman–Crippen LogP) is 1.45. The van der Waals surface area contributed by atoms with Crippen LogP contribution in [0, 0.1) is 22.7 Å². The number of methoxy groups -OCH3 is 2. The minimum atomic E-state index is 0.288. The van der Waals surface area contributed by atoms with Crippen LogP contribution in [-0.2, 0) is 0 Å². The Morgan fingerprint density at radius 1 is 1.00 bits per heavy atom. The highest BCUT2D eigenvalue weighted by atomic mass is 16.5. The van der Waals surface area contributed by atoms with Gasteiger partial charge in [0, 0.05) is 12.1 Å². The number of rotatable bonds is 2. The maximum Gasteiger partial charge on any atom is 0.154 e. The van der Waals surface area contributed by atoms with Crippen molar-refractivity contribution in [1.29, 1.82) is 10.5 Å². The van der Waals surface area contributed by atoms with E-state index in [0.29, 0.717) is 16.9 Å². The molecule has 4 heteroatoms. The van der Waals surface area contributed by atoms with Crippen molar-refractivity contribution in [3.63, 3.8) is 0 Å². The van der Waals surface area contributed by atoms with E-state index in [0.717, 1.165) is 0 Å². The lowest BCUT2D eigenvalue weighted by Crippen LogP contribution is -1.94. The van der Waals surface area contributed by atoms with Gasteiger partial charge in [0.15, 0.2) is 5.75 Å². The zero-order chi connectivity index (χ0) is 10.6. The van der Waals surface area contributed by atoms with Crippen molar-refractivity contribution in [2.24, 2.45) is 0 Å². The number of hydrogen-bond acceptors (Lipinski definition) is 4. The Morgan fingerprint density at radius 2 is 1.50 bits per heavy atom. The summed E-state index contributed by atoms with van der Waals surface area (Å²) >= 11 is 0. The molecule has 0 unspecified atom stereocenters. The predicted molar refractivity (Wildman–Crippen MR) is 49.0 cm³/mol. The van der Waals surface area contributed by atoms with Crippen LogP contribution in [-0.4, -0.2) is 14.2 Å². The Labute approximate surface area is 81.9 Å². The molecule has 0 spiro atoms. The van der Waals surface area contributed by atoms with Gasteiger partial charge in [-0.25, -0.2) is 0 Å². The van der Waals surface area contributed by atoms with Crippen LogP contribution < -0.4 is 9.47 Å². The molecular weight excluding hydrogens is 180 g/mol. The summed E-state index contributed by atoms with van der Waals surface area (Å²) in [6.45, 7) is 0. The Balaban J connectivity index is 3.43. The number of ether oxygens (including phenoxy) is 2. The smallest absolute Gasteiger partial charge is 0.154 e. The van der Waals surface area contributed by atoms with Gasteiger partial charge in [0.2, 0.25) is 0 Å². The van der Waals surface area contributed by atoms with Gasteiger partial charge in [0.05, 0.1) is 25.3 Å². The molecule has 0 aliphatic heterocycles. The topological polar surface area (TPSA) is 66.0 Å². The van der Waals surface area contributed by atoms with E-state index in [-0.39, 0.29) is 5.75 Å². The molecule has 0 radical (unpaired) electrons. The van der Waals surface area contributed by atoms with Crippen molar-refractivity contribution in [3.8, 4) is 23.6 Å². The second-order valence-electron chi connectivity index (χ2n) is 2.48. The molecule has 1 aromatic carbocycles. The van der Waals surface area contributed by atoms with Crippen LogP contribution in [0.5, 0.6) is 11.5 Å². The summed E-state index contributed by atoms with van der Waals surface area (Å²) in [6.07, 6.45) is 0. The van der Waals surface area contributed by atoms with Gasteiger partial charge in [0.1, 0.15) is 17.9 Å². The van der Waals surface area contributed by atoms with E-state index in [1.165, 1.54) is 26.4 Å². The van der Waals surface area contributed by atoms with Gasteiger partial charge >= 0.3 is 0 Å². The Bertz CT molecular complexity index is 392. The molecule has 0 aliphatic rings. The van der Waals surface area contributed by atoms with Crippen molar-refractivity contribution in [1.82, 2.24) is 0 Å². The first-order chi connectivity index (χ1) is 6.76. The van der Waals surface area contributed by atoms with Crippen molar-refractivity contribution >= 4 is 0 Å². The van der Waals surface area contributed by atoms with Gasteiger partial charge in [-0.2, -0.15) is 10.5 Å². The molecule has 0 amide bonds. The molecule has 0 fully saturated rings. The lowest BCUT2D eigenvalue weighted by atomic mass is 10.1. The quantitative estimate of drug-likeness (QED) is 0.704. The van der Waals surface area contributed by atoms with Crippen LogP contribution >= 0.6 is 0 Å². The van der Waals surface area contributed by atoms with E-state index in [9.17, 15) is 0 Å². The molecule has 1 aromatic rings. The first-order valence-corrected chi connectivity index (χ1v) is 3.83. The highest BCUT2D eigenvalue weighted by Gasteiger charge is 2.11. The normalized spacial score (nSPS) is 8.57. The third kappa shape index (κ3) is 1.60. The summed E-state index contributed by atoms with van der Waals surface area (Å²) in [5.74, 6) is 0.759. The van der Waals surface area contributed by atoms with Crippen molar-refractivity contribution < 1.29 is 9.47 Å². The molecule has 0 heterocycles. The van der Waals surface area contributed by atoms with E-state index in [4.69, 9.17) is 20.0 Å². The number of nitriles is 2. The zero-order valence-electron chi connectivity index (χ0n) is 7.87.